The second-order valence-electron chi connectivity index (χ2n) is 8.44. The maximum absolute atomic E-state index is 13.4. The van der Waals surface area contributed by atoms with E-state index < -0.39 is 9.84 Å². The van der Waals surface area contributed by atoms with Gasteiger partial charge in [-0.05, 0) is 76.6 Å². The largest absolute Gasteiger partial charge is 0.508 e. The van der Waals surface area contributed by atoms with Gasteiger partial charge in [-0.25, -0.2) is 8.42 Å². The molecule has 0 aliphatic carbocycles. The molecule has 0 saturated carbocycles. The van der Waals surface area contributed by atoms with Crippen LogP contribution in [0.25, 0.3) is 0 Å². The van der Waals surface area contributed by atoms with Gasteiger partial charge in [-0.2, -0.15) is 0 Å². The van der Waals surface area contributed by atoms with Crippen LogP contribution in [-0.2, 0) is 22.7 Å². The molecule has 1 heterocycles. The molecule has 0 unspecified atom stereocenters. The maximum Gasteiger partial charge on any atom is 0.212 e. The summed E-state index contributed by atoms with van der Waals surface area (Å²) < 4.78 is 26.8. The predicted octanol–water partition coefficient (Wildman–Crippen LogP) is 6.29. The molecule has 0 bridgehead atoms. The Morgan fingerprint density at radius 2 is 1.88 bits per heavy atom. The minimum Gasteiger partial charge on any atom is -0.508 e. The number of unbranched alkanes of at least 4 members (excludes halogenated alkanes) is 2. The first-order chi connectivity index (χ1) is 15.2. The van der Waals surface area contributed by atoms with Crippen molar-refractivity contribution in [3.8, 4) is 11.5 Å². The Bertz CT molecular complexity index is 1070. The number of aromatic hydroxyl groups is 2. The summed E-state index contributed by atoms with van der Waals surface area (Å²) in [6, 6.07) is 4.53. The summed E-state index contributed by atoms with van der Waals surface area (Å²) in [6.07, 6.45) is 12.1. The zero-order valence-corrected chi connectivity index (χ0v) is 20.4. The molecule has 6 heteroatoms. The minimum atomic E-state index is -3.99. The number of benzene rings is 1. The lowest BCUT2D eigenvalue weighted by atomic mass is 10.00. The van der Waals surface area contributed by atoms with Gasteiger partial charge in [0.1, 0.15) is 16.4 Å². The third-order valence-electron chi connectivity index (χ3n) is 5.42. The lowest BCUT2D eigenvalue weighted by Gasteiger charge is -2.17. The average Bonchev–Trinajstić information content (AvgIpc) is 2.73. The molecule has 0 amide bonds. The van der Waals surface area contributed by atoms with Crippen molar-refractivity contribution in [2.24, 2.45) is 0 Å². The highest BCUT2D eigenvalue weighted by Crippen LogP contribution is 2.40. The molecule has 2 aromatic rings. The maximum atomic E-state index is 13.4. The first-order valence-corrected chi connectivity index (χ1v) is 12.7. The molecule has 0 saturated heterocycles. The first kappa shape index (κ1) is 25.7. The number of phenolic OH excluding ortho intramolecular Hbond substituents is 2. The lowest BCUT2D eigenvalue weighted by Crippen LogP contribution is -2.08. The van der Waals surface area contributed by atoms with Crippen molar-refractivity contribution in [3.63, 3.8) is 0 Å². The lowest BCUT2D eigenvalue weighted by molar-refractivity contribution is 0.427. The van der Waals surface area contributed by atoms with Crippen LogP contribution in [0.1, 0.15) is 70.9 Å². The molecule has 32 heavy (non-hydrogen) atoms. The van der Waals surface area contributed by atoms with Crippen LogP contribution in [0, 0.1) is 0 Å². The van der Waals surface area contributed by atoms with Crippen LogP contribution in [-0.4, -0.2) is 23.6 Å². The van der Waals surface area contributed by atoms with Crippen LogP contribution < -0.4 is 0 Å². The number of rotatable bonds is 11. The van der Waals surface area contributed by atoms with Crippen molar-refractivity contribution < 1.29 is 18.6 Å². The van der Waals surface area contributed by atoms with Crippen LogP contribution in [0.5, 0.6) is 11.5 Å². The van der Waals surface area contributed by atoms with E-state index in [0.717, 1.165) is 37.7 Å². The van der Waals surface area contributed by atoms with Gasteiger partial charge in [0, 0.05) is 18.0 Å². The number of sulfone groups is 1. The molecular formula is C26H35NO4S. The van der Waals surface area contributed by atoms with E-state index in [9.17, 15) is 18.6 Å². The molecule has 1 aromatic carbocycles. The van der Waals surface area contributed by atoms with Gasteiger partial charge in [0.05, 0.1) is 4.90 Å². The summed E-state index contributed by atoms with van der Waals surface area (Å²) in [7, 11) is -3.99. The fraction of sp³-hybridized carbons (Fsp3) is 0.423. The summed E-state index contributed by atoms with van der Waals surface area (Å²) in [4.78, 5) is 3.83. The van der Waals surface area contributed by atoms with Crippen LogP contribution in [0.15, 0.2) is 63.7 Å². The molecule has 0 fully saturated rings. The summed E-state index contributed by atoms with van der Waals surface area (Å²) in [5, 5.41) is 21.7. The van der Waals surface area contributed by atoms with E-state index in [4.69, 9.17) is 0 Å². The monoisotopic (exact) mass is 457 g/mol. The normalized spacial score (nSPS) is 12.1. The Labute approximate surface area is 192 Å². The number of aromatic nitrogens is 1. The third kappa shape index (κ3) is 6.70. The van der Waals surface area contributed by atoms with E-state index in [0.29, 0.717) is 12.0 Å². The number of aryl methyl sites for hydroxylation is 1. The number of pyridine rings is 1. The second kappa shape index (κ2) is 11.9. The predicted molar refractivity (Wildman–Crippen MR) is 129 cm³/mol. The van der Waals surface area contributed by atoms with Crippen molar-refractivity contribution >= 4 is 9.84 Å². The number of allylic oxidation sites excluding steroid dienone is 4. The van der Waals surface area contributed by atoms with Gasteiger partial charge < -0.3 is 10.2 Å². The van der Waals surface area contributed by atoms with Gasteiger partial charge in [-0.3, -0.25) is 4.98 Å². The van der Waals surface area contributed by atoms with E-state index in [2.05, 4.69) is 31.8 Å². The standard InChI is InChI=1S/C26H35NO4S/c1-5-6-7-12-21-17-24(28)23(15-14-20(4)11-8-10-19(2)3)25(29)26(21)32(30,31)22-13-9-16-27-18-22/h9-10,13-14,16-18,28-29H,5-8,11-12,15H2,1-4H3/b20-14+. The van der Waals surface area contributed by atoms with Gasteiger partial charge in [0.15, 0.2) is 0 Å². The molecule has 0 aliphatic rings. The fourth-order valence-electron chi connectivity index (χ4n) is 3.57. The number of nitrogens with zero attached hydrogens (tertiary/aromatic N) is 1. The van der Waals surface area contributed by atoms with Gasteiger partial charge in [-0.1, -0.05) is 43.1 Å². The molecule has 0 aliphatic heterocycles. The van der Waals surface area contributed by atoms with Crippen molar-refractivity contribution in [2.75, 3.05) is 0 Å². The Kier molecular flexibility index (Phi) is 9.51. The number of phenols is 2. The zero-order valence-electron chi connectivity index (χ0n) is 19.6. The summed E-state index contributed by atoms with van der Waals surface area (Å²) in [5.74, 6) is -0.443. The van der Waals surface area contributed by atoms with Crippen molar-refractivity contribution in [2.45, 2.75) is 82.4 Å². The highest BCUT2D eigenvalue weighted by atomic mass is 32.2. The number of hydrogen-bond acceptors (Lipinski definition) is 5. The van der Waals surface area contributed by atoms with E-state index >= 15 is 0 Å². The van der Waals surface area contributed by atoms with Crippen molar-refractivity contribution in [1.82, 2.24) is 4.98 Å². The van der Waals surface area contributed by atoms with Crippen LogP contribution in [0.4, 0.5) is 0 Å². The Morgan fingerprint density at radius 3 is 2.50 bits per heavy atom. The van der Waals surface area contributed by atoms with Crippen molar-refractivity contribution in [3.05, 3.63) is 65.0 Å². The molecular weight excluding hydrogens is 422 g/mol. The second-order valence-corrected chi connectivity index (χ2v) is 10.3. The summed E-state index contributed by atoms with van der Waals surface area (Å²) >= 11 is 0. The molecule has 0 spiro atoms. The van der Waals surface area contributed by atoms with E-state index in [1.807, 2.05) is 13.0 Å². The molecule has 0 radical (unpaired) electrons. The van der Waals surface area contributed by atoms with Crippen LogP contribution in [0.3, 0.4) is 0 Å². The topological polar surface area (TPSA) is 87.5 Å². The minimum absolute atomic E-state index is 0.0251. The van der Waals surface area contributed by atoms with Gasteiger partial charge in [0.25, 0.3) is 0 Å². The Morgan fingerprint density at radius 1 is 1.12 bits per heavy atom. The summed E-state index contributed by atoms with van der Waals surface area (Å²) in [6.45, 7) is 8.18. The zero-order chi connectivity index (χ0) is 23.7. The van der Waals surface area contributed by atoms with Gasteiger partial charge >= 0.3 is 0 Å². The van der Waals surface area contributed by atoms with Crippen LogP contribution in [0.2, 0.25) is 0 Å². The SMILES string of the molecule is CCCCCc1cc(O)c(C/C=C(\C)CCC=C(C)C)c(O)c1S(=O)(=O)c1cccnc1. The average molecular weight is 458 g/mol. The Hall–Kier alpha value is -2.60. The van der Waals surface area contributed by atoms with Gasteiger partial charge in [-0.15, -0.1) is 0 Å². The highest BCUT2D eigenvalue weighted by Gasteiger charge is 2.28. The number of hydrogen-bond donors (Lipinski definition) is 2. The van der Waals surface area contributed by atoms with Crippen LogP contribution >= 0.6 is 0 Å². The van der Waals surface area contributed by atoms with E-state index in [1.165, 1.54) is 30.1 Å². The highest BCUT2D eigenvalue weighted by molar-refractivity contribution is 7.91. The fourth-order valence-corrected chi connectivity index (χ4v) is 5.15. The smallest absolute Gasteiger partial charge is 0.212 e. The molecule has 174 valence electrons. The molecule has 1 aromatic heterocycles. The van der Waals surface area contributed by atoms with Gasteiger partial charge in [0.2, 0.25) is 9.84 Å². The third-order valence-corrected chi connectivity index (χ3v) is 7.28. The van der Waals surface area contributed by atoms with Crippen molar-refractivity contribution in [1.29, 1.82) is 0 Å². The Balaban J connectivity index is 2.49. The molecule has 2 rings (SSSR count). The quantitative estimate of drug-likeness (QED) is 0.306. The molecule has 5 nitrogen and oxygen atoms in total. The molecule has 2 N–H and O–H groups in total. The molecule has 0 atom stereocenters. The van der Waals surface area contributed by atoms with E-state index in [1.54, 1.807) is 6.07 Å². The summed E-state index contributed by atoms with van der Waals surface area (Å²) in [5.41, 5.74) is 3.04. The first-order valence-electron chi connectivity index (χ1n) is 11.2. The van der Waals surface area contributed by atoms with E-state index in [-0.39, 0.29) is 33.3 Å².